The van der Waals surface area contributed by atoms with Gasteiger partial charge in [0.05, 0.1) is 31.7 Å². The molecule has 0 aliphatic heterocycles. The number of rotatable bonds is 7. The van der Waals surface area contributed by atoms with E-state index in [1.54, 1.807) is 26.4 Å². The lowest BCUT2D eigenvalue weighted by molar-refractivity contribution is -0.926. The number of H-pyrrole nitrogens is 1. The molecule has 0 aliphatic carbocycles. The van der Waals surface area contributed by atoms with Crippen molar-refractivity contribution in [3.05, 3.63) is 63.7 Å². The highest BCUT2D eigenvalue weighted by Gasteiger charge is 2.14. The van der Waals surface area contributed by atoms with Crippen LogP contribution < -0.4 is 19.9 Å². The number of ether oxygens (including phenoxy) is 2. The van der Waals surface area contributed by atoms with Gasteiger partial charge in [0, 0.05) is 11.6 Å². The third-order valence-electron chi connectivity index (χ3n) is 4.75. The van der Waals surface area contributed by atoms with Crippen molar-refractivity contribution in [1.82, 2.24) is 9.97 Å². The van der Waals surface area contributed by atoms with Gasteiger partial charge in [0.2, 0.25) is 0 Å². The molecule has 2 N–H and O–H groups in total. The first kappa shape index (κ1) is 18.9. The molecule has 0 amide bonds. The summed E-state index contributed by atoms with van der Waals surface area (Å²) in [6.07, 6.45) is 0. The highest BCUT2D eigenvalue weighted by atomic mass is 16.5. The molecular weight excluding hydrogens is 342 g/mol. The van der Waals surface area contributed by atoms with E-state index in [4.69, 9.17) is 9.47 Å². The monoisotopic (exact) mass is 368 g/mol. The van der Waals surface area contributed by atoms with Crippen LogP contribution in [0.4, 0.5) is 0 Å². The zero-order valence-corrected chi connectivity index (χ0v) is 16.3. The minimum Gasteiger partial charge on any atom is -0.493 e. The second kappa shape index (κ2) is 8.22. The zero-order chi connectivity index (χ0) is 19.4. The summed E-state index contributed by atoms with van der Waals surface area (Å²) in [5.41, 5.74) is 2.97. The molecule has 0 bridgehead atoms. The average Bonchev–Trinajstić information content (AvgIpc) is 2.68. The van der Waals surface area contributed by atoms with E-state index in [-0.39, 0.29) is 5.56 Å². The summed E-state index contributed by atoms with van der Waals surface area (Å²) in [4.78, 5) is 21.4. The second-order valence-corrected chi connectivity index (χ2v) is 6.68. The zero-order valence-electron chi connectivity index (χ0n) is 16.3. The van der Waals surface area contributed by atoms with Gasteiger partial charge in [0.15, 0.2) is 17.3 Å². The molecule has 0 saturated heterocycles. The number of aromatic nitrogens is 2. The van der Waals surface area contributed by atoms with Gasteiger partial charge in [-0.1, -0.05) is 29.8 Å². The lowest BCUT2D eigenvalue weighted by atomic mass is 10.1. The molecule has 3 aromatic rings. The summed E-state index contributed by atoms with van der Waals surface area (Å²) < 4.78 is 10.6. The Morgan fingerprint density at radius 2 is 1.70 bits per heavy atom. The molecule has 0 saturated carbocycles. The van der Waals surface area contributed by atoms with E-state index in [2.05, 4.69) is 48.1 Å². The third-order valence-corrected chi connectivity index (χ3v) is 4.75. The van der Waals surface area contributed by atoms with Crippen LogP contribution in [0.1, 0.15) is 23.9 Å². The molecule has 0 fully saturated rings. The summed E-state index contributed by atoms with van der Waals surface area (Å²) in [5.74, 6) is 1.75. The molecule has 1 aromatic heterocycles. The molecule has 6 heteroatoms. The summed E-state index contributed by atoms with van der Waals surface area (Å²) in [6.45, 7) is 6.67. The molecule has 0 spiro atoms. The number of nitrogens with one attached hydrogen (secondary N) is 2. The maximum absolute atomic E-state index is 12.5. The Morgan fingerprint density at radius 1 is 1.04 bits per heavy atom. The van der Waals surface area contributed by atoms with Crippen LogP contribution >= 0.6 is 0 Å². The summed E-state index contributed by atoms with van der Waals surface area (Å²) >= 11 is 0. The largest absolute Gasteiger partial charge is 0.493 e. The predicted octanol–water partition coefficient (Wildman–Crippen LogP) is 1.85. The van der Waals surface area contributed by atoms with Crippen LogP contribution in [0.2, 0.25) is 0 Å². The van der Waals surface area contributed by atoms with E-state index in [9.17, 15) is 4.79 Å². The number of aryl methyl sites for hydroxylation is 1. The molecule has 0 radical (unpaired) electrons. The number of fused-ring (bicyclic) bond motifs is 1. The number of benzene rings is 2. The van der Waals surface area contributed by atoms with Crippen LogP contribution in [0.15, 0.2) is 41.2 Å². The van der Waals surface area contributed by atoms with Crippen molar-refractivity contribution in [2.24, 2.45) is 0 Å². The van der Waals surface area contributed by atoms with Crippen LogP contribution in [0, 0.1) is 6.92 Å². The maximum Gasteiger partial charge on any atom is 0.259 e. The summed E-state index contributed by atoms with van der Waals surface area (Å²) in [6, 6.07) is 12.0. The predicted molar refractivity (Wildman–Crippen MR) is 106 cm³/mol. The normalized spacial score (nSPS) is 12.1. The maximum atomic E-state index is 12.5. The molecule has 1 heterocycles. The average molecular weight is 368 g/mol. The Hall–Kier alpha value is -2.86. The van der Waals surface area contributed by atoms with Crippen molar-refractivity contribution >= 4 is 10.9 Å². The first-order chi connectivity index (χ1) is 13.0. The van der Waals surface area contributed by atoms with Gasteiger partial charge in [-0.2, -0.15) is 0 Å². The Morgan fingerprint density at radius 3 is 2.33 bits per heavy atom. The lowest BCUT2D eigenvalue weighted by Crippen LogP contribution is -3.09. The van der Waals surface area contributed by atoms with Gasteiger partial charge >= 0.3 is 0 Å². The molecule has 3 rings (SSSR count). The van der Waals surface area contributed by atoms with Gasteiger partial charge in [-0.25, -0.2) is 4.98 Å². The topological polar surface area (TPSA) is 68.7 Å². The molecule has 27 heavy (non-hydrogen) atoms. The number of quaternary nitrogens is 1. The van der Waals surface area contributed by atoms with Crippen LogP contribution in [-0.4, -0.2) is 30.7 Å². The Balaban J connectivity index is 1.88. The molecule has 2 aromatic carbocycles. The standard InChI is InChI=1S/C21H25N3O3/c1-5-24(12-15-8-6-14(2)7-9-15)13-20-22-17-11-19(27-4)18(26-3)10-16(17)21(25)23-20/h6-11H,5,12-13H2,1-4H3,(H,22,23,25)/p+1. The molecule has 1 unspecified atom stereocenters. The van der Waals surface area contributed by atoms with Crippen molar-refractivity contribution in [3.8, 4) is 11.5 Å². The van der Waals surface area contributed by atoms with Gasteiger partial charge in [0.1, 0.15) is 13.1 Å². The van der Waals surface area contributed by atoms with Crippen LogP contribution in [0.5, 0.6) is 11.5 Å². The fourth-order valence-electron chi connectivity index (χ4n) is 3.14. The van der Waals surface area contributed by atoms with Crippen LogP contribution in [0.3, 0.4) is 0 Å². The fourth-order valence-corrected chi connectivity index (χ4v) is 3.14. The Labute approximate surface area is 158 Å². The summed E-state index contributed by atoms with van der Waals surface area (Å²) in [7, 11) is 3.12. The molecule has 0 aliphatic rings. The van der Waals surface area contributed by atoms with Gasteiger partial charge in [0.25, 0.3) is 5.56 Å². The van der Waals surface area contributed by atoms with E-state index < -0.39 is 0 Å². The van der Waals surface area contributed by atoms with Gasteiger partial charge in [-0.15, -0.1) is 0 Å². The second-order valence-electron chi connectivity index (χ2n) is 6.68. The number of hydrogen-bond acceptors (Lipinski definition) is 4. The van der Waals surface area contributed by atoms with E-state index in [1.165, 1.54) is 16.0 Å². The Kier molecular flexibility index (Phi) is 5.76. The number of aromatic amines is 1. The summed E-state index contributed by atoms with van der Waals surface area (Å²) in [5, 5.41) is 0.494. The SMILES string of the molecule is CC[NH+](Cc1ccc(C)cc1)Cc1nc2cc(OC)c(OC)cc2c(=O)[nH]1. The van der Waals surface area contributed by atoms with E-state index in [0.29, 0.717) is 34.8 Å². The van der Waals surface area contributed by atoms with Crippen LogP contribution in [0.25, 0.3) is 10.9 Å². The minimum absolute atomic E-state index is 0.165. The molecule has 1 atom stereocenters. The highest BCUT2D eigenvalue weighted by molar-refractivity contribution is 5.81. The van der Waals surface area contributed by atoms with Crippen molar-refractivity contribution < 1.29 is 14.4 Å². The third kappa shape index (κ3) is 4.28. The van der Waals surface area contributed by atoms with Gasteiger partial charge in [-0.05, 0) is 19.9 Å². The highest BCUT2D eigenvalue weighted by Crippen LogP contribution is 2.29. The smallest absolute Gasteiger partial charge is 0.259 e. The minimum atomic E-state index is -0.165. The van der Waals surface area contributed by atoms with E-state index in [0.717, 1.165) is 13.1 Å². The quantitative estimate of drug-likeness (QED) is 0.668. The van der Waals surface area contributed by atoms with Crippen molar-refractivity contribution in [1.29, 1.82) is 0 Å². The number of nitrogens with zero attached hydrogens (tertiary/aromatic N) is 1. The van der Waals surface area contributed by atoms with Crippen molar-refractivity contribution in [3.63, 3.8) is 0 Å². The van der Waals surface area contributed by atoms with Crippen molar-refractivity contribution in [2.45, 2.75) is 26.9 Å². The lowest BCUT2D eigenvalue weighted by Gasteiger charge is -2.17. The Bertz CT molecular complexity index is 980. The number of hydrogen-bond donors (Lipinski definition) is 2. The molecule has 142 valence electrons. The molecular formula is C21H26N3O3+. The van der Waals surface area contributed by atoms with E-state index >= 15 is 0 Å². The first-order valence-corrected chi connectivity index (χ1v) is 9.08. The van der Waals surface area contributed by atoms with E-state index in [1.807, 2.05) is 0 Å². The first-order valence-electron chi connectivity index (χ1n) is 9.08. The fraction of sp³-hybridized carbons (Fsp3) is 0.333. The van der Waals surface area contributed by atoms with Gasteiger partial charge in [-0.3, -0.25) is 4.79 Å². The number of methoxy groups -OCH3 is 2. The molecule has 6 nitrogen and oxygen atoms in total. The van der Waals surface area contributed by atoms with Gasteiger partial charge < -0.3 is 19.4 Å². The van der Waals surface area contributed by atoms with Crippen molar-refractivity contribution in [2.75, 3.05) is 20.8 Å². The van der Waals surface area contributed by atoms with Crippen LogP contribution in [-0.2, 0) is 13.1 Å².